The number of hydrogen-bond donors (Lipinski definition) is 2. The summed E-state index contributed by atoms with van der Waals surface area (Å²) < 4.78 is 5.24. The lowest BCUT2D eigenvalue weighted by Gasteiger charge is -2.12. The van der Waals surface area contributed by atoms with Crippen molar-refractivity contribution >= 4 is 17.4 Å². The Morgan fingerprint density at radius 3 is 3.00 bits per heavy atom. The van der Waals surface area contributed by atoms with Crippen LogP contribution >= 0.6 is 0 Å². The zero-order valence-electron chi connectivity index (χ0n) is 9.59. The topological polar surface area (TPSA) is 93.5 Å². The van der Waals surface area contributed by atoms with Crippen LogP contribution < -0.4 is 10.6 Å². The van der Waals surface area contributed by atoms with Crippen molar-refractivity contribution in [2.75, 3.05) is 11.9 Å². The SMILES string of the molecule is O=C(Nc1cccc([N+](=O)[O-])c1)NC1CCCO1. The van der Waals surface area contributed by atoms with Gasteiger partial charge in [0.25, 0.3) is 5.69 Å². The Balaban J connectivity index is 1.93. The molecule has 0 aromatic heterocycles. The van der Waals surface area contributed by atoms with Gasteiger partial charge in [0.1, 0.15) is 6.23 Å². The Bertz CT molecular complexity index is 457. The van der Waals surface area contributed by atoms with Gasteiger partial charge in [0.05, 0.1) is 4.92 Å². The highest BCUT2D eigenvalue weighted by Gasteiger charge is 2.17. The molecule has 1 fully saturated rings. The first kappa shape index (κ1) is 12.3. The van der Waals surface area contributed by atoms with Crippen LogP contribution in [-0.2, 0) is 4.74 Å². The largest absolute Gasteiger partial charge is 0.358 e. The second-order valence-corrected chi connectivity index (χ2v) is 3.91. The van der Waals surface area contributed by atoms with E-state index in [1.54, 1.807) is 6.07 Å². The van der Waals surface area contributed by atoms with E-state index in [1.165, 1.54) is 18.2 Å². The van der Waals surface area contributed by atoms with Crippen LogP contribution in [-0.4, -0.2) is 23.8 Å². The summed E-state index contributed by atoms with van der Waals surface area (Å²) in [6.45, 7) is 0.641. The van der Waals surface area contributed by atoms with Crippen LogP contribution in [0.15, 0.2) is 24.3 Å². The highest BCUT2D eigenvalue weighted by Crippen LogP contribution is 2.17. The normalized spacial score (nSPS) is 18.3. The molecule has 2 rings (SSSR count). The van der Waals surface area contributed by atoms with Crippen molar-refractivity contribution in [3.05, 3.63) is 34.4 Å². The van der Waals surface area contributed by atoms with Crippen LogP contribution in [0, 0.1) is 10.1 Å². The summed E-state index contributed by atoms with van der Waals surface area (Å²) in [6, 6.07) is 5.34. The molecule has 1 aliphatic rings. The Hall–Kier alpha value is -2.15. The molecule has 7 nitrogen and oxygen atoms in total. The molecule has 1 aromatic rings. The Kier molecular flexibility index (Phi) is 3.73. The third kappa shape index (κ3) is 3.17. The van der Waals surface area contributed by atoms with E-state index in [-0.39, 0.29) is 11.9 Å². The molecule has 7 heteroatoms. The fraction of sp³-hybridized carbons (Fsp3) is 0.364. The van der Waals surface area contributed by atoms with Crippen molar-refractivity contribution < 1.29 is 14.5 Å². The number of nitro groups is 1. The molecule has 1 aromatic carbocycles. The number of nitrogens with zero attached hydrogens (tertiary/aromatic N) is 1. The Labute approximate surface area is 103 Å². The summed E-state index contributed by atoms with van der Waals surface area (Å²) in [5, 5.41) is 15.7. The summed E-state index contributed by atoms with van der Waals surface area (Å²) in [4.78, 5) is 21.6. The maximum Gasteiger partial charge on any atom is 0.321 e. The number of ether oxygens (including phenoxy) is 1. The summed E-state index contributed by atoms with van der Waals surface area (Å²) in [5.74, 6) is 0. The molecule has 18 heavy (non-hydrogen) atoms. The molecule has 2 N–H and O–H groups in total. The van der Waals surface area contributed by atoms with Gasteiger partial charge in [-0.25, -0.2) is 4.79 Å². The molecule has 0 spiro atoms. The number of carbonyl (C=O) groups excluding carboxylic acids is 1. The standard InChI is InChI=1S/C11H13N3O4/c15-11(13-10-5-2-6-18-10)12-8-3-1-4-9(7-8)14(16)17/h1,3-4,7,10H,2,5-6H2,(H2,12,13,15). The molecule has 0 bridgehead atoms. The molecule has 1 saturated heterocycles. The molecule has 1 aliphatic heterocycles. The minimum absolute atomic E-state index is 0.0649. The van der Waals surface area contributed by atoms with Gasteiger partial charge in [0.2, 0.25) is 0 Å². The average molecular weight is 251 g/mol. The number of benzene rings is 1. The number of nitrogens with one attached hydrogen (secondary N) is 2. The van der Waals surface area contributed by atoms with Gasteiger partial charge in [0.15, 0.2) is 0 Å². The molecule has 1 unspecified atom stereocenters. The lowest BCUT2D eigenvalue weighted by Crippen LogP contribution is -2.37. The fourth-order valence-electron chi connectivity index (χ4n) is 1.70. The zero-order valence-corrected chi connectivity index (χ0v) is 9.59. The van der Waals surface area contributed by atoms with Gasteiger partial charge in [-0.3, -0.25) is 10.1 Å². The van der Waals surface area contributed by atoms with Gasteiger partial charge >= 0.3 is 6.03 Å². The number of amides is 2. The highest BCUT2D eigenvalue weighted by molar-refractivity contribution is 5.89. The molecule has 0 aliphatic carbocycles. The maximum absolute atomic E-state index is 11.6. The molecule has 1 atom stereocenters. The zero-order chi connectivity index (χ0) is 13.0. The first-order chi connectivity index (χ1) is 8.65. The molecule has 1 heterocycles. The van der Waals surface area contributed by atoms with E-state index in [2.05, 4.69) is 10.6 Å². The van der Waals surface area contributed by atoms with Gasteiger partial charge in [-0.05, 0) is 18.9 Å². The van der Waals surface area contributed by atoms with E-state index < -0.39 is 11.0 Å². The van der Waals surface area contributed by atoms with Gasteiger partial charge < -0.3 is 15.4 Å². The number of nitro benzene ring substituents is 1. The van der Waals surface area contributed by atoms with E-state index in [0.717, 1.165) is 12.8 Å². The van der Waals surface area contributed by atoms with Crippen molar-refractivity contribution in [1.29, 1.82) is 0 Å². The Morgan fingerprint density at radius 1 is 1.50 bits per heavy atom. The van der Waals surface area contributed by atoms with Gasteiger partial charge in [-0.15, -0.1) is 0 Å². The monoisotopic (exact) mass is 251 g/mol. The summed E-state index contributed by atoms with van der Waals surface area (Å²) in [6.07, 6.45) is 1.42. The van der Waals surface area contributed by atoms with Crippen LogP contribution in [0.1, 0.15) is 12.8 Å². The van der Waals surface area contributed by atoms with Gasteiger partial charge in [-0.2, -0.15) is 0 Å². The number of rotatable bonds is 3. The van der Waals surface area contributed by atoms with E-state index in [9.17, 15) is 14.9 Å². The minimum Gasteiger partial charge on any atom is -0.358 e. The molecule has 96 valence electrons. The van der Waals surface area contributed by atoms with E-state index in [4.69, 9.17) is 4.74 Å². The van der Waals surface area contributed by atoms with Crippen molar-refractivity contribution in [2.45, 2.75) is 19.1 Å². The van der Waals surface area contributed by atoms with Crippen LogP contribution in [0.5, 0.6) is 0 Å². The molecule has 2 amide bonds. The van der Waals surface area contributed by atoms with Gasteiger partial charge in [-0.1, -0.05) is 6.07 Å². The van der Waals surface area contributed by atoms with Crippen molar-refractivity contribution in [3.8, 4) is 0 Å². The maximum atomic E-state index is 11.6. The highest BCUT2D eigenvalue weighted by atomic mass is 16.6. The van der Waals surface area contributed by atoms with Crippen molar-refractivity contribution in [1.82, 2.24) is 5.32 Å². The number of carbonyl (C=O) groups is 1. The first-order valence-electron chi connectivity index (χ1n) is 5.59. The fourth-order valence-corrected chi connectivity index (χ4v) is 1.70. The number of non-ortho nitro benzene ring substituents is 1. The quantitative estimate of drug-likeness (QED) is 0.633. The van der Waals surface area contributed by atoms with Gasteiger partial charge in [0, 0.05) is 24.4 Å². The first-order valence-corrected chi connectivity index (χ1v) is 5.59. The Morgan fingerprint density at radius 2 is 2.33 bits per heavy atom. The summed E-state index contributed by atoms with van der Waals surface area (Å²) >= 11 is 0. The van der Waals surface area contributed by atoms with Crippen molar-refractivity contribution in [2.24, 2.45) is 0 Å². The van der Waals surface area contributed by atoms with E-state index in [1.807, 2.05) is 0 Å². The van der Waals surface area contributed by atoms with Crippen LogP contribution in [0.4, 0.5) is 16.2 Å². The lowest BCUT2D eigenvalue weighted by molar-refractivity contribution is -0.384. The molecular weight excluding hydrogens is 238 g/mol. The third-order valence-corrected chi connectivity index (χ3v) is 2.54. The molecule has 0 radical (unpaired) electrons. The average Bonchev–Trinajstić information content (AvgIpc) is 2.82. The number of urea groups is 1. The minimum atomic E-state index is -0.511. The summed E-state index contributed by atoms with van der Waals surface area (Å²) in [5.41, 5.74) is 0.310. The van der Waals surface area contributed by atoms with Crippen LogP contribution in [0.2, 0.25) is 0 Å². The van der Waals surface area contributed by atoms with Crippen LogP contribution in [0.25, 0.3) is 0 Å². The van der Waals surface area contributed by atoms with Crippen LogP contribution in [0.3, 0.4) is 0 Å². The predicted molar refractivity (Wildman–Crippen MR) is 64.2 cm³/mol. The van der Waals surface area contributed by atoms with E-state index >= 15 is 0 Å². The summed E-state index contributed by atoms with van der Waals surface area (Å²) in [7, 11) is 0. The van der Waals surface area contributed by atoms with E-state index in [0.29, 0.717) is 12.3 Å². The second-order valence-electron chi connectivity index (χ2n) is 3.91. The molecule has 0 saturated carbocycles. The number of hydrogen-bond acceptors (Lipinski definition) is 4. The molecular formula is C11H13N3O4. The lowest BCUT2D eigenvalue weighted by atomic mass is 10.3. The predicted octanol–water partition coefficient (Wildman–Crippen LogP) is 1.85. The second kappa shape index (κ2) is 5.46. The number of anilines is 1. The smallest absolute Gasteiger partial charge is 0.321 e. The van der Waals surface area contributed by atoms with Crippen molar-refractivity contribution in [3.63, 3.8) is 0 Å². The third-order valence-electron chi connectivity index (χ3n) is 2.54.